The summed E-state index contributed by atoms with van der Waals surface area (Å²) in [6, 6.07) is -0.634. The number of amides is 1. The fourth-order valence-corrected chi connectivity index (χ4v) is 10.3. The molecule has 2 atom stereocenters. The average molecular weight is 1040 g/mol. The zero-order valence-corrected chi connectivity index (χ0v) is 49.8. The zero-order chi connectivity index (χ0) is 53.6. The quantitative estimate of drug-likeness (QED) is 0.0320. The minimum absolute atomic E-state index is 0.00504. The van der Waals surface area contributed by atoms with Crippen LogP contribution in [0.15, 0.2) is 36.5 Å². The van der Waals surface area contributed by atoms with E-state index in [1.165, 1.54) is 283 Å². The van der Waals surface area contributed by atoms with Crippen molar-refractivity contribution in [1.29, 1.82) is 0 Å². The van der Waals surface area contributed by atoms with Gasteiger partial charge in [0.2, 0.25) is 5.91 Å². The minimum atomic E-state index is -0.850. The number of hydrogen-bond acceptors (Lipinski definition) is 5. The van der Waals surface area contributed by atoms with Gasteiger partial charge in [-0.15, -0.1) is 0 Å². The van der Waals surface area contributed by atoms with Gasteiger partial charge in [-0.05, 0) is 83.5 Å². The molecule has 0 spiro atoms. The van der Waals surface area contributed by atoms with Crippen LogP contribution in [0.3, 0.4) is 0 Å². The molecule has 0 aromatic carbocycles. The molecule has 1 amide bonds. The Kier molecular flexibility index (Phi) is 62.0. The highest BCUT2D eigenvalue weighted by Gasteiger charge is 2.18. The average Bonchev–Trinajstić information content (AvgIpc) is 3.40. The molecule has 0 rings (SSSR count). The molecule has 0 heterocycles. The second-order valence-electron chi connectivity index (χ2n) is 22.8. The molecule has 6 nitrogen and oxygen atoms in total. The predicted molar refractivity (Wildman–Crippen MR) is 324 cm³/mol. The summed E-state index contributed by atoms with van der Waals surface area (Å²) in [5.74, 6) is -0.0685. The van der Waals surface area contributed by atoms with Gasteiger partial charge in [0.05, 0.1) is 25.4 Å². The van der Waals surface area contributed by atoms with E-state index in [9.17, 15) is 19.8 Å². The van der Waals surface area contributed by atoms with Crippen LogP contribution >= 0.6 is 0 Å². The first-order valence-electron chi connectivity index (χ1n) is 33.3. The van der Waals surface area contributed by atoms with Gasteiger partial charge in [-0.25, -0.2) is 0 Å². The van der Waals surface area contributed by atoms with Gasteiger partial charge in [-0.1, -0.05) is 301 Å². The highest BCUT2D eigenvalue weighted by molar-refractivity contribution is 5.76. The van der Waals surface area contributed by atoms with Crippen LogP contribution in [0.1, 0.15) is 361 Å². The van der Waals surface area contributed by atoms with E-state index in [2.05, 4.69) is 43.5 Å². The van der Waals surface area contributed by atoms with Crippen molar-refractivity contribution in [2.75, 3.05) is 13.2 Å². The first kappa shape index (κ1) is 72.1. The van der Waals surface area contributed by atoms with Crippen molar-refractivity contribution in [2.45, 2.75) is 373 Å². The fourth-order valence-electron chi connectivity index (χ4n) is 10.3. The molecule has 0 aliphatic heterocycles. The molecular formula is C68H129NO5. The molecule has 2 unspecified atom stereocenters. The summed E-state index contributed by atoms with van der Waals surface area (Å²) in [4.78, 5) is 24.6. The molecule has 0 saturated heterocycles. The number of carbonyl (C=O) groups is 2. The number of rotatable bonds is 62. The van der Waals surface area contributed by atoms with Crippen LogP contribution < -0.4 is 5.32 Å². The first-order chi connectivity index (χ1) is 36.5. The van der Waals surface area contributed by atoms with Gasteiger partial charge in [0.25, 0.3) is 0 Å². The summed E-state index contributed by atoms with van der Waals surface area (Å²) < 4.78 is 5.50. The summed E-state index contributed by atoms with van der Waals surface area (Å²) in [5, 5.41) is 23.2. The molecule has 0 saturated carbocycles. The standard InChI is InChI=1S/C68H129NO5/c1-3-5-7-9-11-13-15-17-19-21-28-32-36-40-44-48-52-56-60-66(71)65(64-70)69-67(72)61-57-53-49-45-41-37-33-29-26-24-23-25-27-31-35-39-43-47-51-55-59-63-74-68(73)62-58-54-50-46-42-38-34-30-22-20-18-16-14-12-10-8-6-4-2/h20,22,24,26,56,60,65-66,70-71H,3-19,21,23,25,27-55,57-59,61-64H2,1-2H3,(H,69,72)/b22-20-,26-24-,60-56+. The molecule has 6 heteroatoms. The van der Waals surface area contributed by atoms with Crippen molar-refractivity contribution < 1.29 is 24.5 Å². The van der Waals surface area contributed by atoms with E-state index in [-0.39, 0.29) is 18.5 Å². The van der Waals surface area contributed by atoms with Gasteiger partial charge in [0, 0.05) is 12.8 Å². The van der Waals surface area contributed by atoms with E-state index in [1.807, 2.05) is 6.08 Å². The highest BCUT2D eigenvalue weighted by Crippen LogP contribution is 2.17. The van der Waals surface area contributed by atoms with Crippen molar-refractivity contribution in [3.63, 3.8) is 0 Å². The second kappa shape index (κ2) is 63.6. The molecule has 3 N–H and O–H groups in total. The van der Waals surface area contributed by atoms with Crippen molar-refractivity contribution in [3.05, 3.63) is 36.5 Å². The van der Waals surface area contributed by atoms with Gasteiger partial charge in [-0.2, -0.15) is 0 Å². The van der Waals surface area contributed by atoms with E-state index < -0.39 is 12.1 Å². The largest absolute Gasteiger partial charge is 0.466 e. The van der Waals surface area contributed by atoms with E-state index in [0.717, 1.165) is 51.4 Å². The normalized spacial score (nSPS) is 12.8. The SMILES string of the molecule is CCCCCCCCC/C=C\CCCCCCCCCC(=O)OCCCCCCCCCCCC/C=C\CCCCCCCCCC(=O)NC(CO)C(O)/C=C/CCCCCCCCCCCCCCCCCC. The maximum atomic E-state index is 12.5. The first-order valence-corrected chi connectivity index (χ1v) is 33.3. The van der Waals surface area contributed by atoms with Crippen LogP contribution in [-0.2, 0) is 14.3 Å². The monoisotopic (exact) mass is 1040 g/mol. The lowest BCUT2D eigenvalue weighted by Gasteiger charge is -2.20. The molecule has 0 aliphatic carbocycles. The Morgan fingerprint density at radius 2 is 0.635 bits per heavy atom. The van der Waals surface area contributed by atoms with E-state index in [1.54, 1.807) is 6.08 Å². The highest BCUT2D eigenvalue weighted by atomic mass is 16.5. The van der Waals surface area contributed by atoms with Crippen LogP contribution in [0.25, 0.3) is 0 Å². The lowest BCUT2D eigenvalue weighted by molar-refractivity contribution is -0.143. The van der Waals surface area contributed by atoms with E-state index in [4.69, 9.17) is 4.74 Å². The number of esters is 1. The lowest BCUT2D eigenvalue weighted by Crippen LogP contribution is -2.45. The van der Waals surface area contributed by atoms with Crippen molar-refractivity contribution in [1.82, 2.24) is 5.32 Å². The van der Waals surface area contributed by atoms with Crippen LogP contribution in [0.5, 0.6) is 0 Å². The van der Waals surface area contributed by atoms with Gasteiger partial charge < -0.3 is 20.3 Å². The Hall–Kier alpha value is -1.92. The van der Waals surface area contributed by atoms with Crippen LogP contribution in [0, 0.1) is 0 Å². The molecule has 0 radical (unpaired) electrons. The Bertz CT molecular complexity index is 1200. The van der Waals surface area contributed by atoms with Crippen molar-refractivity contribution >= 4 is 11.9 Å². The van der Waals surface area contributed by atoms with Gasteiger partial charge in [0.1, 0.15) is 0 Å². The maximum Gasteiger partial charge on any atom is 0.305 e. The Labute approximate surface area is 462 Å². The maximum absolute atomic E-state index is 12.5. The number of nitrogens with one attached hydrogen (secondary N) is 1. The number of ether oxygens (including phenoxy) is 1. The topological polar surface area (TPSA) is 95.9 Å². The Balaban J connectivity index is 3.44. The van der Waals surface area contributed by atoms with Crippen molar-refractivity contribution in [2.24, 2.45) is 0 Å². The summed E-state index contributed by atoms with van der Waals surface area (Å²) in [7, 11) is 0. The smallest absolute Gasteiger partial charge is 0.305 e. The molecule has 0 aromatic rings. The predicted octanol–water partition coefficient (Wildman–Crippen LogP) is 21.1. The molecule has 436 valence electrons. The molecule has 0 aliphatic rings. The summed E-state index contributed by atoms with van der Waals surface area (Å²) in [6.07, 6.45) is 80.5. The molecule has 0 aromatic heterocycles. The van der Waals surface area contributed by atoms with Crippen molar-refractivity contribution in [3.8, 4) is 0 Å². The summed E-state index contributed by atoms with van der Waals surface area (Å²) in [6.45, 7) is 4.92. The third kappa shape index (κ3) is 59.3. The third-order valence-electron chi connectivity index (χ3n) is 15.4. The number of unbranched alkanes of at least 4 members (excludes halogenated alkanes) is 47. The van der Waals surface area contributed by atoms with E-state index >= 15 is 0 Å². The number of aliphatic hydroxyl groups is 2. The van der Waals surface area contributed by atoms with Gasteiger partial charge >= 0.3 is 5.97 Å². The molecule has 0 bridgehead atoms. The number of carbonyl (C=O) groups excluding carboxylic acids is 2. The number of aliphatic hydroxyl groups excluding tert-OH is 2. The Morgan fingerprint density at radius 1 is 0.365 bits per heavy atom. The molecule has 0 fully saturated rings. The zero-order valence-electron chi connectivity index (χ0n) is 49.8. The second-order valence-corrected chi connectivity index (χ2v) is 22.8. The molecule has 74 heavy (non-hydrogen) atoms. The summed E-state index contributed by atoms with van der Waals surface area (Å²) >= 11 is 0. The fraction of sp³-hybridized carbons (Fsp3) is 0.882. The van der Waals surface area contributed by atoms with Crippen LogP contribution in [0.2, 0.25) is 0 Å². The number of hydrogen-bond donors (Lipinski definition) is 3. The third-order valence-corrected chi connectivity index (χ3v) is 15.4. The van der Waals surface area contributed by atoms with Crippen LogP contribution in [-0.4, -0.2) is 47.4 Å². The van der Waals surface area contributed by atoms with Gasteiger partial charge in [-0.3, -0.25) is 9.59 Å². The Morgan fingerprint density at radius 3 is 0.959 bits per heavy atom. The van der Waals surface area contributed by atoms with E-state index in [0.29, 0.717) is 19.4 Å². The summed E-state index contributed by atoms with van der Waals surface area (Å²) in [5.41, 5.74) is 0. The molecular weight excluding hydrogens is 911 g/mol. The lowest BCUT2D eigenvalue weighted by atomic mass is 10.0. The number of allylic oxidation sites excluding steroid dienone is 5. The van der Waals surface area contributed by atoms with Gasteiger partial charge in [0.15, 0.2) is 0 Å². The van der Waals surface area contributed by atoms with Crippen LogP contribution in [0.4, 0.5) is 0 Å². The minimum Gasteiger partial charge on any atom is -0.466 e.